The fourth-order valence-corrected chi connectivity index (χ4v) is 5.55. The monoisotopic (exact) mass is 498 g/mol. The molecule has 2 aromatic carbocycles. The van der Waals surface area contributed by atoms with Gasteiger partial charge in [0.05, 0.1) is 34.5 Å². The van der Waals surface area contributed by atoms with Crippen LogP contribution in [0.15, 0.2) is 42.7 Å². The Balaban J connectivity index is 1.45. The lowest BCUT2D eigenvalue weighted by Crippen LogP contribution is -2.50. The molecule has 2 aliphatic heterocycles. The van der Waals surface area contributed by atoms with E-state index in [1.54, 1.807) is 23.0 Å². The molecule has 0 radical (unpaired) electrons. The average molecular weight is 499 g/mol. The first kappa shape index (κ1) is 22.9. The van der Waals surface area contributed by atoms with Gasteiger partial charge in [0.15, 0.2) is 0 Å². The molecule has 34 heavy (non-hydrogen) atoms. The van der Waals surface area contributed by atoms with Crippen LogP contribution in [0, 0.1) is 0 Å². The van der Waals surface area contributed by atoms with Gasteiger partial charge >= 0.3 is 0 Å². The number of hydrogen-bond donors (Lipinski definition) is 1. The molecule has 0 saturated carbocycles. The van der Waals surface area contributed by atoms with Gasteiger partial charge in [0.2, 0.25) is 0 Å². The standard InChI is InChI=1S/C25H24Cl2N4O3/c1-3-21-17(7-8-34-21)18-6-4-5-14-13-31(29-24(32)22(14)18)25(33)23-19(26)9-15(10-20(23)27)16-11-28-30(2)12-16/h4-6,9-12,17,21H,3,7-8,13H2,1-2H3,(H,29,32)/t17-,21+/m1/s1. The van der Waals surface area contributed by atoms with Gasteiger partial charge in [0.25, 0.3) is 11.8 Å². The summed E-state index contributed by atoms with van der Waals surface area (Å²) in [6.07, 6.45) is 5.38. The number of rotatable bonds is 4. The highest BCUT2D eigenvalue weighted by Crippen LogP contribution is 2.38. The third-order valence-electron chi connectivity index (χ3n) is 6.53. The summed E-state index contributed by atoms with van der Waals surface area (Å²) in [7, 11) is 1.81. The van der Waals surface area contributed by atoms with E-state index >= 15 is 0 Å². The molecule has 2 atom stereocenters. The smallest absolute Gasteiger partial charge is 0.275 e. The van der Waals surface area contributed by atoms with Gasteiger partial charge in [-0.25, -0.2) is 5.01 Å². The molecule has 1 aromatic heterocycles. The van der Waals surface area contributed by atoms with Crippen LogP contribution >= 0.6 is 23.2 Å². The van der Waals surface area contributed by atoms with Crippen LogP contribution in [0.5, 0.6) is 0 Å². The minimum Gasteiger partial charge on any atom is -0.378 e. The summed E-state index contributed by atoms with van der Waals surface area (Å²) >= 11 is 13.0. The Bertz CT molecular complexity index is 1270. The molecule has 1 N–H and O–H groups in total. The van der Waals surface area contributed by atoms with Crippen molar-refractivity contribution in [2.24, 2.45) is 7.05 Å². The molecule has 7 nitrogen and oxygen atoms in total. The van der Waals surface area contributed by atoms with Gasteiger partial charge in [-0.15, -0.1) is 0 Å². The van der Waals surface area contributed by atoms with Gasteiger partial charge in [-0.05, 0) is 41.7 Å². The number of carbonyl (C=O) groups excluding carboxylic acids is 2. The van der Waals surface area contributed by atoms with E-state index in [9.17, 15) is 9.59 Å². The SMILES string of the molecule is CC[C@@H]1OCC[C@@H]1c1cccc2c1C(=O)NN(C(=O)c1c(Cl)cc(-c3cnn(C)c3)cc1Cl)C2. The molecule has 0 unspecified atom stereocenters. The Labute approximate surface area is 207 Å². The zero-order chi connectivity index (χ0) is 24.0. The highest BCUT2D eigenvalue weighted by Gasteiger charge is 2.36. The number of aryl methyl sites for hydroxylation is 1. The number of amides is 2. The Morgan fingerprint density at radius 3 is 2.68 bits per heavy atom. The number of benzene rings is 2. The van der Waals surface area contributed by atoms with Crippen LogP contribution in [0.2, 0.25) is 10.0 Å². The number of nitrogens with one attached hydrogen (secondary N) is 1. The van der Waals surface area contributed by atoms with Crippen molar-refractivity contribution in [3.05, 3.63) is 75.0 Å². The summed E-state index contributed by atoms with van der Waals surface area (Å²) in [6.45, 7) is 2.99. The summed E-state index contributed by atoms with van der Waals surface area (Å²) in [5.41, 5.74) is 6.87. The summed E-state index contributed by atoms with van der Waals surface area (Å²) in [6, 6.07) is 9.16. The number of halogens is 2. The lowest BCUT2D eigenvalue weighted by molar-refractivity contribution is 0.0537. The van der Waals surface area contributed by atoms with Crippen molar-refractivity contribution >= 4 is 35.0 Å². The first-order valence-electron chi connectivity index (χ1n) is 11.2. The second-order valence-corrected chi connectivity index (χ2v) is 9.46. The number of fused-ring (bicyclic) bond motifs is 1. The molecule has 1 fully saturated rings. The fourth-order valence-electron chi connectivity index (χ4n) is 4.90. The van der Waals surface area contributed by atoms with Crippen LogP contribution in [-0.2, 0) is 18.3 Å². The molecule has 9 heteroatoms. The maximum atomic E-state index is 13.4. The zero-order valence-electron chi connectivity index (χ0n) is 18.8. The Morgan fingerprint density at radius 2 is 2.00 bits per heavy atom. The Morgan fingerprint density at radius 1 is 1.24 bits per heavy atom. The quantitative estimate of drug-likeness (QED) is 0.550. The van der Waals surface area contributed by atoms with Crippen molar-refractivity contribution in [2.45, 2.75) is 38.3 Å². The van der Waals surface area contributed by atoms with E-state index in [1.165, 1.54) is 5.01 Å². The van der Waals surface area contributed by atoms with E-state index < -0.39 is 5.91 Å². The van der Waals surface area contributed by atoms with E-state index in [-0.39, 0.29) is 40.1 Å². The summed E-state index contributed by atoms with van der Waals surface area (Å²) < 4.78 is 7.52. The maximum absolute atomic E-state index is 13.4. The minimum absolute atomic E-state index is 0.0925. The van der Waals surface area contributed by atoms with Gasteiger partial charge in [-0.2, -0.15) is 5.10 Å². The van der Waals surface area contributed by atoms with Crippen LogP contribution in [0.25, 0.3) is 11.1 Å². The zero-order valence-corrected chi connectivity index (χ0v) is 20.4. The van der Waals surface area contributed by atoms with Gasteiger partial charge in [0, 0.05) is 36.9 Å². The number of aromatic nitrogens is 2. The average Bonchev–Trinajstić information content (AvgIpc) is 3.46. The molecule has 1 saturated heterocycles. The highest BCUT2D eigenvalue weighted by molar-refractivity contribution is 6.40. The second-order valence-electron chi connectivity index (χ2n) is 8.64. The van der Waals surface area contributed by atoms with Crippen molar-refractivity contribution in [2.75, 3.05) is 6.61 Å². The topological polar surface area (TPSA) is 76.5 Å². The van der Waals surface area contributed by atoms with Gasteiger partial charge in [-0.3, -0.25) is 19.7 Å². The Kier molecular flexibility index (Phi) is 6.10. The molecule has 3 heterocycles. The number of nitrogens with zero attached hydrogens (tertiary/aromatic N) is 3. The molecule has 2 amide bonds. The first-order valence-corrected chi connectivity index (χ1v) is 12.0. The predicted octanol–water partition coefficient (Wildman–Crippen LogP) is 4.98. The molecule has 2 aliphatic rings. The van der Waals surface area contributed by atoms with Gasteiger partial charge in [-0.1, -0.05) is 48.3 Å². The van der Waals surface area contributed by atoms with E-state index in [4.69, 9.17) is 27.9 Å². The number of ether oxygens (including phenoxy) is 1. The highest BCUT2D eigenvalue weighted by atomic mass is 35.5. The van der Waals surface area contributed by atoms with E-state index in [0.29, 0.717) is 12.2 Å². The molecule has 0 aliphatic carbocycles. The summed E-state index contributed by atoms with van der Waals surface area (Å²) in [5.74, 6) is -0.615. The third-order valence-corrected chi connectivity index (χ3v) is 7.12. The summed E-state index contributed by atoms with van der Waals surface area (Å²) in [4.78, 5) is 26.6. The fraction of sp³-hybridized carbons (Fsp3) is 0.320. The van der Waals surface area contributed by atoms with E-state index in [1.807, 2.05) is 31.4 Å². The lowest BCUT2D eigenvalue weighted by atomic mass is 9.85. The number of hydrazine groups is 1. The van der Waals surface area contributed by atoms with Crippen LogP contribution in [0.3, 0.4) is 0 Å². The largest absolute Gasteiger partial charge is 0.378 e. The van der Waals surface area contributed by atoms with Crippen LogP contribution in [0.1, 0.15) is 57.5 Å². The molecule has 5 rings (SSSR count). The molecule has 0 spiro atoms. The van der Waals surface area contributed by atoms with Crippen molar-refractivity contribution < 1.29 is 14.3 Å². The maximum Gasteiger partial charge on any atom is 0.275 e. The Hall–Kier alpha value is -2.87. The third kappa shape index (κ3) is 3.98. The van der Waals surface area contributed by atoms with Crippen LogP contribution in [0.4, 0.5) is 0 Å². The number of hydrogen-bond acceptors (Lipinski definition) is 4. The normalized spacial score (nSPS) is 19.8. The van der Waals surface area contributed by atoms with Crippen molar-refractivity contribution in [1.82, 2.24) is 20.2 Å². The van der Waals surface area contributed by atoms with Crippen molar-refractivity contribution in [1.29, 1.82) is 0 Å². The van der Waals surface area contributed by atoms with Gasteiger partial charge in [0.1, 0.15) is 0 Å². The predicted molar refractivity (Wildman–Crippen MR) is 130 cm³/mol. The minimum atomic E-state index is -0.465. The van der Waals surface area contributed by atoms with Crippen molar-refractivity contribution in [3.8, 4) is 11.1 Å². The molecule has 3 aromatic rings. The van der Waals surface area contributed by atoms with E-state index in [0.717, 1.165) is 35.1 Å². The number of carbonyl (C=O) groups is 2. The molecular formula is C25H24Cl2N4O3. The molecular weight excluding hydrogens is 475 g/mol. The summed E-state index contributed by atoms with van der Waals surface area (Å²) in [5, 5.41) is 5.85. The first-order chi connectivity index (χ1) is 16.4. The second kappa shape index (κ2) is 9.06. The van der Waals surface area contributed by atoms with Crippen molar-refractivity contribution in [3.63, 3.8) is 0 Å². The molecule has 0 bridgehead atoms. The lowest BCUT2D eigenvalue weighted by Gasteiger charge is -2.32. The van der Waals surface area contributed by atoms with Gasteiger partial charge < -0.3 is 4.74 Å². The molecule has 176 valence electrons. The van der Waals surface area contributed by atoms with Crippen LogP contribution < -0.4 is 5.43 Å². The van der Waals surface area contributed by atoms with E-state index in [2.05, 4.69) is 17.4 Å². The van der Waals surface area contributed by atoms with Crippen LogP contribution in [-0.4, -0.2) is 39.3 Å².